The Hall–Kier alpha value is -2.22. The molecule has 0 aliphatic heterocycles. The quantitative estimate of drug-likeness (QED) is 0.569. The summed E-state index contributed by atoms with van der Waals surface area (Å²) < 4.78 is 20.1. The average Bonchev–Trinajstić information content (AvgIpc) is 2.98. The fraction of sp³-hybridized carbons (Fsp3) is 0.125. The van der Waals surface area contributed by atoms with Crippen molar-refractivity contribution in [3.05, 3.63) is 53.5 Å². The van der Waals surface area contributed by atoms with E-state index in [1.165, 1.54) is 12.3 Å². The van der Waals surface area contributed by atoms with Gasteiger partial charge in [0.1, 0.15) is 16.9 Å². The molecule has 24 heavy (non-hydrogen) atoms. The Bertz CT molecular complexity index is 897. The number of carbonyl (C=O) groups is 1. The van der Waals surface area contributed by atoms with Crippen LogP contribution in [0.5, 0.6) is 0 Å². The summed E-state index contributed by atoms with van der Waals surface area (Å²) in [6.45, 7) is 0. The highest BCUT2D eigenvalue weighted by atomic mass is 35.5. The van der Waals surface area contributed by atoms with E-state index in [1.807, 2.05) is 37.2 Å². The number of fused-ring (bicyclic) bond motifs is 1. The third-order valence-corrected chi connectivity index (χ3v) is 4.87. The van der Waals surface area contributed by atoms with Gasteiger partial charge in [-0.25, -0.2) is 4.98 Å². The van der Waals surface area contributed by atoms with Crippen molar-refractivity contribution in [1.82, 2.24) is 9.71 Å². The normalized spacial score (nSPS) is 12.2. The van der Waals surface area contributed by atoms with Gasteiger partial charge in [0.2, 0.25) is 4.90 Å². The highest BCUT2D eigenvalue weighted by Crippen LogP contribution is 2.25. The molecule has 0 saturated heterocycles. The minimum atomic E-state index is -1.82. The van der Waals surface area contributed by atoms with Crippen LogP contribution >= 0.6 is 11.6 Å². The Morgan fingerprint density at radius 2 is 2.12 bits per heavy atom. The molecule has 8 heteroatoms. The molecule has 0 fully saturated rings. The third-order valence-electron chi connectivity index (χ3n) is 3.35. The van der Waals surface area contributed by atoms with Crippen molar-refractivity contribution >= 4 is 45.5 Å². The van der Waals surface area contributed by atoms with Crippen LogP contribution in [0.1, 0.15) is 10.6 Å². The summed E-state index contributed by atoms with van der Waals surface area (Å²) >= 11 is 4.06. The number of benzene rings is 1. The van der Waals surface area contributed by atoms with Crippen molar-refractivity contribution in [3.8, 4) is 0 Å². The van der Waals surface area contributed by atoms with Gasteiger partial charge in [0.05, 0.1) is 0 Å². The van der Waals surface area contributed by atoms with E-state index in [0.717, 1.165) is 11.1 Å². The van der Waals surface area contributed by atoms with Crippen molar-refractivity contribution in [2.24, 2.45) is 0 Å². The molecule has 0 aliphatic rings. The summed E-state index contributed by atoms with van der Waals surface area (Å²) in [6.07, 6.45) is 1.48. The van der Waals surface area contributed by atoms with Gasteiger partial charge < -0.3 is 13.9 Å². The van der Waals surface area contributed by atoms with E-state index in [1.54, 1.807) is 12.1 Å². The molecule has 0 aliphatic carbocycles. The number of carbonyl (C=O) groups excluding carboxylic acids is 1. The van der Waals surface area contributed by atoms with Crippen molar-refractivity contribution in [3.63, 3.8) is 0 Å². The molecule has 0 radical (unpaired) electrons. The molecule has 0 spiro atoms. The van der Waals surface area contributed by atoms with E-state index in [0.29, 0.717) is 5.58 Å². The highest BCUT2D eigenvalue weighted by Gasteiger charge is 2.23. The van der Waals surface area contributed by atoms with Gasteiger partial charge in [0, 0.05) is 43.5 Å². The monoisotopic (exact) mass is 363 g/mol. The van der Waals surface area contributed by atoms with Crippen LogP contribution in [-0.2, 0) is 11.4 Å². The number of nitrogens with one attached hydrogen (secondary N) is 1. The minimum absolute atomic E-state index is 0.0780. The Labute approximate surface area is 146 Å². The Kier molecular flexibility index (Phi) is 4.66. The molecular formula is C16H14ClN3O3S. The van der Waals surface area contributed by atoms with Gasteiger partial charge in [-0.1, -0.05) is 11.6 Å². The number of amides is 1. The Balaban J connectivity index is 1.82. The number of rotatable bonds is 4. The Morgan fingerprint density at radius 1 is 1.33 bits per heavy atom. The van der Waals surface area contributed by atoms with Crippen LogP contribution in [0.3, 0.4) is 0 Å². The third kappa shape index (κ3) is 3.33. The number of furan rings is 1. The second kappa shape index (κ2) is 6.72. The fourth-order valence-electron chi connectivity index (χ4n) is 2.11. The average molecular weight is 364 g/mol. The zero-order chi connectivity index (χ0) is 17.3. The maximum Gasteiger partial charge on any atom is 0.328 e. The SMILES string of the molecule is CN(C)c1ccc2cc(C(=O)N[S+]([O-])c3cccnc3Cl)oc2c1. The van der Waals surface area contributed by atoms with E-state index < -0.39 is 17.3 Å². The van der Waals surface area contributed by atoms with Gasteiger partial charge in [-0.3, -0.25) is 4.79 Å². The van der Waals surface area contributed by atoms with Gasteiger partial charge >= 0.3 is 5.91 Å². The van der Waals surface area contributed by atoms with Gasteiger partial charge in [-0.15, -0.1) is 0 Å². The van der Waals surface area contributed by atoms with Crippen LogP contribution < -0.4 is 9.62 Å². The van der Waals surface area contributed by atoms with E-state index in [4.69, 9.17) is 16.0 Å². The smallest absolute Gasteiger partial charge is 0.328 e. The first-order valence-electron chi connectivity index (χ1n) is 7.00. The number of hydrogen-bond acceptors (Lipinski definition) is 5. The first kappa shape index (κ1) is 16.6. The Morgan fingerprint density at radius 3 is 2.83 bits per heavy atom. The van der Waals surface area contributed by atoms with Gasteiger partial charge in [0.25, 0.3) is 0 Å². The lowest BCUT2D eigenvalue weighted by atomic mass is 10.2. The van der Waals surface area contributed by atoms with Crippen LogP contribution in [0, 0.1) is 0 Å². The molecule has 0 bridgehead atoms. The molecule has 3 rings (SSSR count). The summed E-state index contributed by atoms with van der Waals surface area (Å²) in [5.74, 6) is -0.509. The summed E-state index contributed by atoms with van der Waals surface area (Å²) in [4.78, 5) is 18.3. The van der Waals surface area contributed by atoms with Crippen molar-refractivity contribution < 1.29 is 13.8 Å². The summed E-state index contributed by atoms with van der Waals surface area (Å²) in [7, 11) is 3.83. The number of anilines is 1. The molecule has 1 amide bonds. The standard InChI is InChI=1S/C16H14ClN3O3S/c1-20(2)11-6-5-10-8-13(23-12(10)9-11)16(21)19-24(22)14-4-3-7-18-15(14)17/h3-9H,1-2H3,(H,19,21). The van der Waals surface area contributed by atoms with E-state index in [2.05, 4.69) is 9.71 Å². The molecule has 1 unspecified atom stereocenters. The molecule has 0 saturated carbocycles. The maximum absolute atomic E-state index is 12.3. The molecule has 1 atom stereocenters. The molecule has 124 valence electrons. The molecule has 2 aromatic heterocycles. The van der Waals surface area contributed by atoms with Crippen LogP contribution in [0.25, 0.3) is 11.0 Å². The first-order valence-corrected chi connectivity index (χ1v) is 8.52. The van der Waals surface area contributed by atoms with Gasteiger partial charge in [-0.2, -0.15) is 4.72 Å². The maximum atomic E-state index is 12.3. The lowest BCUT2D eigenvalue weighted by Crippen LogP contribution is -2.30. The van der Waals surface area contributed by atoms with Gasteiger partial charge in [-0.05, 0) is 24.3 Å². The molecular weight excluding hydrogens is 350 g/mol. The van der Waals surface area contributed by atoms with Crippen molar-refractivity contribution in [2.45, 2.75) is 4.90 Å². The minimum Gasteiger partial charge on any atom is -0.588 e. The molecule has 1 aromatic carbocycles. The van der Waals surface area contributed by atoms with Crippen LogP contribution in [0.4, 0.5) is 5.69 Å². The molecule has 3 aromatic rings. The predicted octanol–water partition coefficient (Wildman–Crippen LogP) is 3.00. The summed E-state index contributed by atoms with van der Waals surface area (Å²) in [5, 5.41) is 0.868. The predicted molar refractivity (Wildman–Crippen MR) is 93.7 cm³/mol. The number of aromatic nitrogens is 1. The number of halogens is 1. The largest absolute Gasteiger partial charge is 0.588 e. The van der Waals surface area contributed by atoms with Crippen LogP contribution in [0.2, 0.25) is 5.15 Å². The van der Waals surface area contributed by atoms with Crippen LogP contribution in [0.15, 0.2) is 51.9 Å². The van der Waals surface area contributed by atoms with E-state index in [-0.39, 0.29) is 15.8 Å². The highest BCUT2D eigenvalue weighted by molar-refractivity contribution is 7.90. The van der Waals surface area contributed by atoms with Crippen LogP contribution in [-0.4, -0.2) is 29.5 Å². The molecule has 2 heterocycles. The number of pyridine rings is 1. The number of hydrogen-bond donors (Lipinski definition) is 1. The lowest BCUT2D eigenvalue weighted by molar-refractivity contribution is 0.0956. The second-order valence-corrected chi connectivity index (χ2v) is 6.76. The summed E-state index contributed by atoms with van der Waals surface area (Å²) in [6, 6.07) is 10.4. The van der Waals surface area contributed by atoms with Crippen molar-refractivity contribution in [1.29, 1.82) is 0 Å². The van der Waals surface area contributed by atoms with E-state index >= 15 is 0 Å². The lowest BCUT2D eigenvalue weighted by Gasteiger charge is -2.11. The van der Waals surface area contributed by atoms with Crippen molar-refractivity contribution in [2.75, 3.05) is 19.0 Å². The zero-order valence-corrected chi connectivity index (χ0v) is 14.5. The van der Waals surface area contributed by atoms with Gasteiger partial charge in [0.15, 0.2) is 10.9 Å². The first-order chi connectivity index (χ1) is 11.5. The second-order valence-electron chi connectivity index (χ2n) is 5.22. The fourth-order valence-corrected chi connectivity index (χ4v) is 3.23. The zero-order valence-electron chi connectivity index (χ0n) is 12.9. The summed E-state index contributed by atoms with van der Waals surface area (Å²) in [5.41, 5.74) is 1.53. The van der Waals surface area contributed by atoms with E-state index in [9.17, 15) is 9.35 Å². The topological polar surface area (TPSA) is 81.4 Å². The molecule has 6 nitrogen and oxygen atoms in total. The molecule has 1 N–H and O–H groups in total. The number of nitrogens with zero attached hydrogens (tertiary/aromatic N) is 2.